The van der Waals surface area contributed by atoms with Crippen LogP contribution in [0.1, 0.15) is 52.5 Å². The van der Waals surface area contributed by atoms with Crippen molar-refractivity contribution in [2.75, 3.05) is 19.7 Å². The zero-order valence-electron chi connectivity index (χ0n) is 16.2. The van der Waals surface area contributed by atoms with Crippen LogP contribution in [0.5, 0.6) is 0 Å². The molecule has 0 radical (unpaired) electrons. The fourth-order valence-corrected chi connectivity index (χ4v) is 4.94. The molecule has 28 heavy (non-hydrogen) atoms. The summed E-state index contributed by atoms with van der Waals surface area (Å²) >= 11 is 1.75. The number of rotatable bonds is 5. The first-order valence-corrected chi connectivity index (χ1v) is 10.8. The second-order valence-corrected chi connectivity index (χ2v) is 8.74. The summed E-state index contributed by atoms with van der Waals surface area (Å²) in [5.74, 6) is 0.120. The Morgan fingerprint density at radius 3 is 2.82 bits per heavy atom. The van der Waals surface area contributed by atoms with Crippen molar-refractivity contribution in [2.24, 2.45) is 0 Å². The van der Waals surface area contributed by atoms with Gasteiger partial charge in [0, 0.05) is 36.4 Å². The third-order valence-corrected chi connectivity index (χ3v) is 6.64. The van der Waals surface area contributed by atoms with Crippen LogP contribution >= 0.6 is 11.3 Å². The molecular formula is C22H26N2O3S. The largest absolute Gasteiger partial charge is 0.368 e. The molecule has 1 N–H and O–H groups in total. The second kappa shape index (κ2) is 8.05. The number of amides is 2. The molecule has 0 spiro atoms. The normalized spacial score (nSPS) is 22.0. The van der Waals surface area contributed by atoms with E-state index in [2.05, 4.69) is 16.8 Å². The molecule has 0 aliphatic carbocycles. The summed E-state index contributed by atoms with van der Waals surface area (Å²) in [7, 11) is 0. The van der Waals surface area contributed by atoms with E-state index in [0.29, 0.717) is 31.7 Å². The average Bonchev–Trinajstić information content (AvgIpc) is 3.19. The van der Waals surface area contributed by atoms with Crippen molar-refractivity contribution in [3.05, 3.63) is 57.3 Å². The van der Waals surface area contributed by atoms with Gasteiger partial charge in [0.15, 0.2) is 0 Å². The van der Waals surface area contributed by atoms with Crippen LogP contribution in [0, 0.1) is 0 Å². The fraction of sp³-hybridized carbons (Fsp3) is 0.455. The smallest absolute Gasteiger partial charge is 0.251 e. The lowest BCUT2D eigenvalue weighted by Gasteiger charge is -2.34. The van der Waals surface area contributed by atoms with Gasteiger partial charge < -0.3 is 15.0 Å². The van der Waals surface area contributed by atoms with Gasteiger partial charge in [0.1, 0.15) is 5.60 Å². The minimum absolute atomic E-state index is 0.104. The van der Waals surface area contributed by atoms with Crippen LogP contribution in [-0.2, 0) is 28.1 Å². The fourth-order valence-electron chi connectivity index (χ4n) is 3.96. The number of nitrogens with zero attached hydrogens (tertiary/aromatic N) is 1. The summed E-state index contributed by atoms with van der Waals surface area (Å²) in [6, 6.07) is 9.64. The summed E-state index contributed by atoms with van der Waals surface area (Å²) in [4.78, 5) is 27.8. The summed E-state index contributed by atoms with van der Waals surface area (Å²) in [6.45, 7) is 4.61. The summed E-state index contributed by atoms with van der Waals surface area (Å²) in [6.07, 6.45) is 3.65. The first kappa shape index (κ1) is 19.2. The van der Waals surface area contributed by atoms with Crippen molar-refractivity contribution in [1.82, 2.24) is 10.2 Å². The number of thiophene rings is 1. The van der Waals surface area contributed by atoms with E-state index >= 15 is 0 Å². The highest BCUT2D eigenvalue weighted by Crippen LogP contribution is 2.35. The Kier molecular flexibility index (Phi) is 5.51. The van der Waals surface area contributed by atoms with Crippen LogP contribution in [0.2, 0.25) is 0 Å². The summed E-state index contributed by atoms with van der Waals surface area (Å²) in [5.41, 5.74) is 2.39. The van der Waals surface area contributed by atoms with Crippen molar-refractivity contribution in [3.63, 3.8) is 0 Å². The highest BCUT2D eigenvalue weighted by molar-refractivity contribution is 7.10. The number of nitrogens with one attached hydrogen (secondary N) is 1. The molecule has 1 atom stereocenters. The molecule has 0 saturated carbocycles. The van der Waals surface area contributed by atoms with E-state index in [1.165, 1.54) is 10.4 Å². The number of fused-ring (bicyclic) bond motifs is 1. The summed E-state index contributed by atoms with van der Waals surface area (Å²) in [5, 5.41) is 5.11. The number of carbonyl (C=O) groups is 2. The number of likely N-dealkylation sites (tertiary alicyclic amines) is 1. The van der Waals surface area contributed by atoms with E-state index < -0.39 is 5.60 Å². The Labute approximate surface area is 169 Å². The highest BCUT2D eigenvalue weighted by atomic mass is 32.1. The van der Waals surface area contributed by atoms with Crippen LogP contribution in [0.3, 0.4) is 0 Å². The van der Waals surface area contributed by atoms with Gasteiger partial charge in [-0.3, -0.25) is 9.59 Å². The second-order valence-electron chi connectivity index (χ2n) is 7.74. The molecular weight excluding hydrogens is 372 g/mol. The maximum Gasteiger partial charge on any atom is 0.251 e. The molecule has 5 nitrogen and oxygen atoms in total. The molecule has 148 valence electrons. The molecule has 4 rings (SSSR count). The third kappa shape index (κ3) is 3.98. The number of hydrogen-bond acceptors (Lipinski definition) is 4. The van der Waals surface area contributed by atoms with Crippen molar-refractivity contribution < 1.29 is 14.3 Å². The van der Waals surface area contributed by atoms with E-state index in [1.807, 2.05) is 36.1 Å². The molecule has 1 unspecified atom stereocenters. The molecule has 2 aromatic rings. The van der Waals surface area contributed by atoms with E-state index in [4.69, 9.17) is 4.74 Å². The lowest BCUT2D eigenvalue weighted by atomic mass is 9.93. The zero-order chi connectivity index (χ0) is 19.6. The number of hydrogen-bond donors (Lipinski definition) is 1. The number of carbonyl (C=O) groups excluding carboxylic acids is 2. The van der Waals surface area contributed by atoms with Crippen molar-refractivity contribution in [3.8, 4) is 0 Å². The molecule has 1 aromatic heterocycles. The van der Waals surface area contributed by atoms with Crippen molar-refractivity contribution >= 4 is 23.2 Å². The molecule has 3 heterocycles. The predicted octanol–water partition coefficient (Wildman–Crippen LogP) is 3.48. The molecule has 1 aromatic carbocycles. The van der Waals surface area contributed by atoms with E-state index in [1.54, 1.807) is 11.3 Å². The standard InChI is InChI=1S/C22H26N2O3S/c1-22(18-10-13-28-19(18)9-12-27-22)15-23-21(26)17-7-5-16(6-8-17)14-24-11-3-2-4-20(24)25/h5-8,10,13H,2-4,9,11-12,14-15H2,1H3,(H,23,26). The Hall–Kier alpha value is -2.18. The maximum absolute atomic E-state index is 12.6. The third-order valence-electron chi connectivity index (χ3n) is 5.66. The molecule has 6 heteroatoms. The van der Waals surface area contributed by atoms with Gasteiger partial charge in [-0.05, 0) is 54.5 Å². The van der Waals surface area contributed by atoms with Crippen LogP contribution in [0.4, 0.5) is 0 Å². The van der Waals surface area contributed by atoms with E-state index in [0.717, 1.165) is 31.4 Å². The quantitative estimate of drug-likeness (QED) is 0.839. The maximum atomic E-state index is 12.6. The van der Waals surface area contributed by atoms with Gasteiger partial charge in [0.25, 0.3) is 5.91 Å². The Morgan fingerprint density at radius 1 is 1.21 bits per heavy atom. The molecule has 2 aliphatic heterocycles. The number of benzene rings is 1. The lowest BCUT2D eigenvalue weighted by molar-refractivity contribution is -0.133. The molecule has 1 fully saturated rings. The SMILES string of the molecule is CC1(CNC(=O)c2ccc(CN3CCCCC3=O)cc2)OCCc2sccc21. The van der Waals surface area contributed by atoms with E-state index in [-0.39, 0.29) is 11.8 Å². The first-order chi connectivity index (χ1) is 13.5. The Balaban J connectivity index is 1.36. The van der Waals surface area contributed by atoms with Gasteiger partial charge in [-0.1, -0.05) is 12.1 Å². The lowest BCUT2D eigenvalue weighted by Crippen LogP contribution is -2.43. The van der Waals surface area contributed by atoms with Gasteiger partial charge in [-0.2, -0.15) is 0 Å². The van der Waals surface area contributed by atoms with Crippen LogP contribution in [-0.4, -0.2) is 36.4 Å². The Morgan fingerprint density at radius 2 is 2.04 bits per heavy atom. The van der Waals surface area contributed by atoms with Crippen molar-refractivity contribution in [2.45, 2.75) is 44.8 Å². The summed E-state index contributed by atoms with van der Waals surface area (Å²) < 4.78 is 6.00. The van der Waals surface area contributed by atoms with Gasteiger partial charge in [0.05, 0.1) is 13.2 Å². The number of ether oxygens (including phenoxy) is 1. The van der Waals surface area contributed by atoms with Gasteiger partial charge in [-0.15, -0.1) is 11.3 Å². The van der Waals surface area contributed by atoms with E-state index in [9.17, 15) is 9.59 Å². The molecule has 2 amide bonds. The van der Waals surface area contributed by atoms with Crippen LogP contribution in [0.25, 0.3) is 0 Å². The van der Waals surface area contributed by atoms with Gasteiger partial charge in [0.2, 0.25) is 5.91 Å². The molecule has 1 saturated heterocycles. The number of piperidine rings is 1. The monoisotopic (exact) mass is 398 g/mol. The average molecular weight is 399 g/mol. The Bertz CT molecular complexity index is 861. The molecule has 0 bridgehead atoms. The minimum Gasteiger partial charge on any atom is -0.368 e. The molecule has 2 aliphatic rings. The minimum atomic E-state index is -0.474. The van der Waals surface area contributed by atoms with Crippen LogP contribution in [0.15, 0.2) is 35.7 Å². The predicted molar refractivity (Wildman–Crippen MR) is 109 cm³/mol. The van der Waals surface area contributed by atoms with Gasteiger partial charge in [-0.25, -0.2) is 0 Å². The first-order valence-electron chi connectivity index (χ1n) is 9.91. The highest BCUT2D eigenvalue weighted by Gasteiger charge is 2.34. The van der Waals surface area contributed by atoms with Gasteiger partial charge >= 0.3 is 0 Å². The zero-order valence-corrected chi connectivity index (χ0v) is 17.0. The van der Waals surface area contributed by atoms with Crippen molar-refractivity contribution in [1.29, 1.82) is 0 Å². The topological polar surface area (TPSA) is 58.6 Å². The van der Waals surface area contributed by atoms with Crippen LogP contribution < -0.4 is 5.32 Å².